The van der Waals surface area contributed by atoms with Gasteiger partial charge < -0.3 is 29.1 Å². The van der Waals surface area contributed by atoms with Crippen LogP contribution in [0.3, 0.4) is 0 Å². The monoisotopic (exact) mass is 385 g/mol. The third-order valence-corrected chi connectivity index (χ3v) is 3.43. The predicted molar refractivity (Wildman–Crippen MR) is 75.0 cm³/mol. The molecule has 0 radical (unpaired) electrons. The van der Waals surface area contributed by atoms with Crippen LogP contribution in [-0.2, 0) is 11.3 Å². The van der Waals surface area contributed by atoms with Crippen LogP contribution >= 0.6 is 0 Å². The highest BCUT2D eigenvalue weighted by Gasteiger charge is 2.09. The first-order chi connectivity index (χ1) is 9.18. The van der Waals surface area contributed by atoms with Crippen LogP contribution in [0.15, 0.2) is 36.5 Å². The number of unbranched alkanes of at least 4 members (excludes halogenated alkanes) is 2. The van der Waals surface area contributed by atoms with Gasteiger partial charge in [0.05, 0.1) is 0 Å². The summed E-state index contributed by atoms with van der Waals surface area (Å²) >= 11 is 0. The molecule has 3 nitrogen and oxygen atoms in total. The molecule has 0 spiro atoms. The van der Waals surface area contributed by atoms with E-state index in [2.05, 4.69) is 48.0 Å². The molecule has 0 aliphatic carbocycles. The van der Waals surface area contributed by atoms with Crippen molar-refractivity contribution in [1.29, 1.82) is 0 Å². The van der Waals surface area contributed by atoms with E-state index in [0.29, 0.717) is 0 Å². The van der Waals surface area contributed by atoms with Gasteiger partial charge >= 0.3 is 5.97 Å². The lowest BCUT2D eigenvalue weighted by Crippen LogP contribution is -3.00. The maximum absolute atomic E-state index is 10.4. The first kappa shape index (κ1) is 16.9. The molecular weight excluding hydrogens is 365 g/mol. The van der Waals surface area contributed by atoms with Gasteiger partial charge in [-0.1, -0.05) is 12.1 Å². The normalized spacial score (nSPS) is 10.2. The molecule has 1 aromatic heterocycles. The van der Waals surface area contributed by atoms with Crippen molar-refractivity contribution >= 4 is 16.9 Å². The highest BCUT2D eigenvalue weighted by Crippen LogP contribution is 2.14. The number of para-hydroxylation sites is 1. The average molecular weight is 385 g/mol. The molecule has 2 aromatic rings. The molecule has 0 amide bonds. The van der Waals surface area contributed by atoms with Crippen molar-refractivity contribution < 1.29 is 38.4 Å². The van der Waals surface area contributed by atoms with Crippen LogP contribution in [0.5, 0.6) is 0 Å². The van der Waals surface area contributed by atoms with Gasteiger partial charge in [-0.25, -0.2) is 0 Å². The van der Waals surface area contributed by atoms with Gasteiger partial charge in [0.15, 0.2) is 6.20 Å². The second-order valence-electron chi connectivity index (χ2n) is 4.91. The number of carboxylic acid groups (broad SMARTS) is 1. The SMILES string of the molecule is Cc1cc[n+](CCCCCC(=O)O)c2ccccc12.[I-]. The lowest BCUT2D eigenvalue weighted by molar-refractivity contribution is -0.671. The van der Waals surface area contributed by atoms with E-state index in [-0.39, 0.29) is 30.4 Å². The molecule has 1 heterocycles. The lowest BCUT2D eigenvalue weighted by Gasteiger charge is -2.03. The lowest BCUT2D eigenvalue weighted by atomic mass is 10.1. The molecule has 0 fully saturated rings. The molecule has 108 valence electrons. The summed E-state index contributed by atoms with van der Waals surface area (Å²) in [4.78, 5) is 10.4. The van der Waals surface area contributed by atoms with Crippen molar-refractivity contribution in [3.05, 3.63) is 42.1 Å². The van der Waals surface area contributed by atoms with Gasteiger partial charge in [-0.15, -0.1) is 0 Å². The Balaban J connectivity index is 0.00000200. The molecule has 0 unspecified atom stereocenters. The Morgan fingerprint density at radius 3 is 2.65 bits per heavy atom. The fourth-order valence-corrected chi connectivity index (χ4v) is 2.36. The number of aryl methyl sites for hydroxylation is 2. The largest absolute Gasteiger partial charge is 1.00 e. The van der Waals surface area contributed by atoms with E-state index >= 15 is 0 Å². The Bertz CT molecular complexity index is 584. The zero-order valence-corrected chi connectivity index (χ0v) is 13.8. The van der Waals surface area contributed by atoms with Gasteiger partial charge in [-0.3, -0.25) is 4.79 Å². The summed E-state index contributed by atoms with van der Waals surface area (Å²) in [5.41, 5.74) is 2.54. The number of hydrogen-bond acceptors (Lipinski definition) is 1. The smallest absolute Gasteiger partial charge is 0.303 e. The van der Waals surface area contributed by atoms with Gasteiger partial charge in [-0.2, -0.15) is 4.57 Å². The standard InChI is InChI=1S/C16H19NO2.HI/c1-13-10-12-17(11-6-2-3-9-16(18)19)15-8-5-4-7-14(13)15;/h4-5,7-8,10,12H,2-3,6,9,11H2,1H3;1H. The van der Waals surface area contributed by atoms with Crippen LogP contribution in [0.1, 0.15) is 31.2 Å². The summed E-state index contributed by atoms with van der Waals surface area (Å²) in [5, 5.41) is 9.88. The van der Waals surface area contributed by atoms with Crippen molar-refractivity contribution in [1.82, 2.24) is 0 Å². The van der Waals surface area contributed by atoms with Crippen LogP contribution in [0.2, 0.25) is 0 Å². The fourth-order valence-electron chi connectivity index (χ4n) is 2.36. The summed E-state index contributed by atoms with van der Waals surface area (Å²) in [7, 11) is 0. The van der Waals surface area contributed by atoms with Gasteiger partial charge in [0.2, 0.25) is 5.52 Å². The quantitative estimate of drug-likeness (QED) is 0.435. The Morgan fingerprint density at radius 1 is 1.15 bits per heavy atom. The van der Waals surface area contributed by atoms with E-state index in [1.807, 2.05) is 0 Å². The van der Waals surface area contributed by atoms with Crippen molar-refractivity contribution in [2.45, 2.75) is 39.2 Å². The van der Waals surface area contributed by atoms with E-state index in [0.717, 1.165) is 25.8 Å². The van der Waals surface area contributed by atoms with E-state index < -0.39 is 5.97 Å². The van der Waals surface area contributed by atoms with Crippen molar-refractivity contribution in [3.63, 3.8) is 0 Å². The number of fused-ring (bicyclic) bond motifs is 1. The minimum absolute atomic E-state index is 0. The number of nitrogens with zero attached hydrogens (tertiary/aromatic N) is 1. The van der Waals surface area contributed by atoms with E-state index in [1.165, 1.54) is 16.5 Å². The van der Waals surface area contributed by atoms with Crippen molar-refractivity contribution in [2.24, 2.45) is 0 Å². The Hall–Kier alpha value is -1.17. The average Bonchev–Trinajstić information content (AvgIpc) is 2.41. The highest BCUT2D eigenvalue weighted by atomic mass is 127. The van der Waals surface area contributed by atoms with E-state index in [4.69, 9.17) is 5.11 Å². The minimum Gasteiger partial charge on any atom is -1.00 e. The predicted octanol–water partition coefficient (Wildman–Crippen LogP) is 0.0847. The third kappa shape index (κ3) is 4.44. The highest BCUT2D eigenvalue weighted by molar-refractivity contribution is 5.78. The maximum atomic E-state index is 10.4. The van der Waals surface area contributed by atoms with Gasteiger partial charge in [0, 0.05) is 30.4 Å². The van der Waals surface area contributed by atoms with Gasteiger partial charge in [-0.05, 0) is 31.4 Å². The van der Waals surface area contributed by atoms with E-state index in [1.54, 1.807) is 0 Å². The number of rotatable bonds is 6. The van der Waals surface area contributed by atoms with Crippen LogP contribution in [-0.4, -0.2) is 11.1 Å². The number of carboxylic acids is 1. The Morgan fingerprint density at radius 2 is 1.90 bits per heavy atom. The number of pyridine rings is 1. The summed E-state index contributed by atoms with van der Waals surface area (Å²) in [6.45, 7) is 3.07. The second-order valence-corrected chi connectivity index (χ2v) is 4.91. The van der Waals surface area contributed by atoms with Gasteiger partial charge in [0.1, 0.15) is 6.54 Å². The van der Waals surface area contributed by atoms with Crippen LogP contribution in [0.4, 0.5) is 0 Å². The molecule has 0 saturated carbocycles. The van der Waals surface area contributed by atoms with Crippen LogP contribution in [0.25, 0.3) is 10.9 Å². The molecular formula is C16H20INO2. The fraction of sp³-hybridized carbons (Fsp3) is 0.375. The molecule has 0 aliphatic heterocycles. The Labute approximate surface area is 136 Å². The number of aliphatic carboxylic acids is 1. The molecule has 1 aromatic carbocycles. The molecule has 0 aliphatic rings. The number of halogens is 1. The maximum Gasteiger partial charge on any atom is 0.303 e. The molecule has 4 heteroatoms. The number of benzene rings is 1. The number of hydrogen-bond donors (Lipinski definition) is 1. The second kappa shape index (κ2) is 8.19. The van der Waals surface area contributed by atoms with Crippen molar-refractivity contribution in [2.75, 3.05) is 0 Å². The molecule has 0 atom stereocenters. The van der Waals surface area contributed by atoms with Gasteiger partial charge in [0.25, 0.3) is 0 Å². The molecule has 0 saturated heterocycles. The van der Waals surface area contributed by atoms with Crippen LogP contribution < -0.4 is 28.5 Å². The third-order valence-electron chi connectivity index (χ3n) is 3.43. The minimum atomic E-state index is -0.701. The molecule has 1 N–H and O–H groups in total. The number of aromatic nitrogens is 1. The topological polar surface area (TPSA) is 41.2 Å². The van der Waals surface area contributed by atoms with Crippen LogP contribution in [0, 0.1) is 6.92 Å². The van der Waals surface area contributed by atoms with Crippen molar-refractivity contribution in [3.8, 4) is 0 Å². The summed E-state index contributed by atoms with van der Waals surface area (Å²) in [6.07, 6.45) is 5.14. The first-order valence-electron chi connectivity index (χ1n) is 6.78. The summed E-state index contributed by atoms with van der Waals surface area (Å²) in [6, 6.07) is 10.5. The Kier molecular flexibility index (Phi) is 6.91. The zero-order valence-electron chi connectivity index (χ0n) is 11.7. The zero-order chi connectivity index (χ0) is 13.7. The molecule has 20 heavy (non-hydrogen) atoms. The first-order valence-corrected chi connectivity index (χ1v) is 6.78. The van der Waals surface area contributed by atoms with E-state index in [9.17, 15) is 4.79 Å². The number of carbonyl (C=O) groups is 1. The summed E-state index contributed by atoms with van der Waals surface area (Å²) < 4.78 is 2.25. The molecule has 0 bridgehead atoms. The molecule has 2 rings (SSSR count). The summed E-state index contributed by atoms with van der Waals surface area (Å²) in [5.74, 6) is -0.701.